The number of carbonyl (C=O) groups excluding carboxylic acids is 1. The Morgan fingerprint density at radius 3 is 2.45 bits per heavy atom. The number of halogens is 1. The summed E-state index contributed by atoms with van der Waals surface area (Å²) in [5.74, 6) is 0.463. The molecular weight excluding hydrogens is 253 g/mol. The van der Waals surface area contributed by atoms with E-state index in [4.69, 9.17) is 0 Å². The SMILES string of the molecule is CC1CCCCC1NC(=O)C1(c2ccc(F)cc2)CC1. The smallest absolute Gasteiger partial charge is 0.230 e. The van der Waals surface area contributed by atoms with Gasteiger partial charge in [-0.1, -0.05) is 31.9 Å². The molecule has 0 spiro atoms. The van der Waals surface area contributed by atoms with Crippen LogP contribution in [0.2, 0.25) is 0 Å². The molecule has 2 fully saturated rings. The predicted molar refractivity (Wildman–Crippen MR) is 76.9 cm³/mol. The lowest BCUT2D eigenvalue weighted by Crippen LogP contribution is -2.45. The quantitative estimate of drug-likeness (QED) is 0.898. The van der Waals surface area contributed by atoms with Crippen molar-refractivity contribution in [2.45, 2.75) is 56.9 Å². The third kappa shape index (κ3) is 2.46. The van der Waals surface area contributed by atoms with Gasteiger partial charge in [-0.15, -0.1) is 0 Å². The molecule has 3 heteroatoms. The molecule has 1 aromatic rings. The number of carbonyl (C=O) groups is 1. The van der Waals surface area contributed by atoms with E-state index in [9.17, 15) is 9.18 Å². The van der Waals surface area contributed by atoms with Crippen LogP contribution >= 0.6 is 0 Å². The van der Waals surface area contributed by atoms with E-state index in [0.717, 1.165) is 24.8 Å². The van der Waals surface area contributed by atoms with Crippen LogP contribution in [-0.4, -0.2) is 11.9 Å². The molecule has 2 unspecified atom stereocenters. The second kappa shape index (κ2) is 5.19. The third-order valence-corrected chi connectivity index (χ3v) is 5.01. The van der Waals surface area contributed by atoms with Crippen LogP contribution < -0.4 is 5.32 Å². The molecule has 0 radical (unpaired) electrons. The Bertz CT molecular complexity index is 492. The standard InChI is InChI=1S/C17H22FNO/c1-12-4-2-3-5-15(12)19-16(20)17(10-11-17)13-6-8-14(18)9-7-13/h6-9,12,15H,2-5,10-11H2,1H3,(H,19,20). The van der Waals surface area contributed by atoms with E-state index >= 15 is 0 Å². The lowest BCUT2D eigenvalue weighted by molar-refractivity contribution is -0.124. The Kier molecular flexibility index (Phi) is 3.53. The van der Waals surface area contributed by atoms with Gasteiger partial charge in [0.2, 0.25) is 5.91 Å². The highest BCUT2D eigenvalue weighted by Crippen LogP contribution is 2.48. The summed E-state index contributed by atoms with van der Waals surface area (Å²) in [4.78, 5) is 12.6. The van der Waals surface area contributed by atoms with Crippen molar-refractivity contribution in [1.29, 1.82) is 0 Å². The van der Waals surface area contributed by atoms with Gasteiger partial charge in [-0.05, 0) is 49.3 Å². The fraction of sp³-hybridized carbons (Fsp3) is 0.588. The molecule has 108 valence electrons. The van der Waals surface area contributed by atoms with Crippen molar-refractivity contribution >= 4 is 5.91 Å². The number of benzene rings is 1. The van der Waals surface area contributed by atoms with Crippen molar-refractivity contribution in [3.8, 4) is 0 Å². The number of hydrogen-bond acceptors (Lipinski definition) is 1. The molecule has 3 rings (SSSR count). The van der Waals surface area contributed by atoms with E-state index < -0.39 is 0 Å². The Hall–Kier alpha value is -1.38. The molecule has 2 atom stereocenters. The molecule has 0 bridgehead atoms. The maximum Gasteiger partial charge on any atom is 0.230 e. The summed E-state index contributed by atoms with van der Waals surface area (Å²) in [7, 11) is 0. The predicted octanol–water partition coefficient (Wildman–Crippen LogP) is 3.55. The molecule has 2 aliphatic rings. The molecular formula is C17H22FNO. The minimum atomic E-state index is -0.384. The minimum Gasteiger partial charge on any atom is -0.352 e. The summed E-state index contributed by atoms with van der Waals surface area (Å²) in [6.45, 7) is 2.22. The van der Waals surface area contributed by atoms with Crippen LogP contribution in [0.5, 0.6) is 0 Å². The number of rotatable bonds is 3. The van der Waals surface area contributed by atoms with E-state index in [1.807, 2.05) is 0 Å². The fourth-order valence-electron chi connectivity index (χ4n) is 3.38. The largest absolute Gasteiger partial charge is 0.352 e. The van der Waals surface area contributed by atoms with Crippen molar-refractivity contribution in [1.82, 2.24) is 5.32 Å². The molecule has 1 amide bonds. The molecule has 1 N–H and O–H groups in total. The van der Waals surface area contributed by atoms with Gasteiger partial charge >= 0.3 is 0 Å². The Morgan fingerprint density at radius 1 is 1.20 bits per heavy atom. The van der Waals surface area contributed by atoms with Crippen LogP contribution in [0, 0.1) is 11.7 Å². The van der Waals surface area contributed by atoms with Crippen LogP contribution in [-0.2, 0) is 10.2 Å². The summed E-state index contributed by atoms with van der Waals surface area (Å²) in [5.41, 5.74) is 0.574. The monoisotopic (exact) mass is 275 g/mol. The van der Waals surface area contributed by atoms with Gasteiger partial charge < -0.3 is 5.32 Å². The normalized spacial score (nSPS) is 27.9. The molecule has 2 nitrogen and oxygen atoms in total. The van der Waals surface area contributed by atoms with Gasteiger partial charge in [0.15, 0.2) is 0 Å². The first-order chi connectivity index (χ1) is 9.62. The topological polar surface area (TPSA) is 29.1 Å². The van der Waals surface area contributed by atoms with E-state index in [1.54, 1.807) is 12.1 Å². The average Bonchev–Trinajstić information content (AvgIpc) is 3.24. The summed E-state index contributed by atoms with van der Waals surface area (Å²) in [6.07, 6.45) is 6.54. The first kappa shape index (κ1) is 13.6. The van der Waals surface area contributed by atoms with E-state index in [-0.39, 0.29) is 17.1 Å². The van der Waals surface area contributed by atoms with Crippen LogP contribution in [0.25, 0.3) is 0 Å². The van der Waals surface area contributed by atoms with Gasteiger partial charge in [-0.2, -0.15) is 0 Å². The lowest BCUT2D eigenvalue weighted by atomic mass is 9.85. The van der Waals surface area contributed by atoms with Gasteiger partial charge in [-0.25, -0.2) is 4.39 Å². The van der Waals surface area contributed by atoms with Crippen LogP contribution in [0.1, 0.15) is 51.0 Å². The van der Waals surface area contributed by atoms with Gasteiger partial charge in [0, 0.05) is 6.04 Å². The Morgan fingerprint density at radius 2 is 1.85 bits per heavy atom. The maximum atomic E-state index is 13.0. The van der Waals surface area contributed by atoms with Crippen LogP contribution in [0.3, 0.4) is 0 Å². The van der Waals surface area contributed by atoms with Crippen molar-refractivity contribution in [3.05, 3.63) is 35.6 Å². The van der Waals surface area contributed by atoms with Gasteiger partial charge in [0.25, 0.3) is 0 Å². The molecule has 0 heterocycles. The summed E-state index contributed by atoms with van der Waals surface area (Å²) >= 11 is 0. The summed E-state index contributed by atoms with van der Waals surface area (Å²) in [5, 5.41) is 3.25. The molecule has 0 saturated heterocycles. The first-order valence-electron chi connectivity index (χ1n) is 7.69. The average molecular weight is 275 g/mol. The number of nitrogens with one attached hydrogen (secondary N) is 1. The number of amides is 1. The van der Waals surface area contributed by atoms with Gasteiger partial charge in [0.1, 0.15) is 5.82 Å². The van der Waals surface area contributed by atoms with E-state index in [1.165, 1.54) is 31.4 Å². The van der Waals surface area contributed by atoms with Gasteiger partial charge in [-0.3, -0.25) is 4.79 Å². The highest BCUT2D eigenvalue weighted by atomic mass is 19.1. The third-order valence-electron chi connectivity index (χ3n) is 5.01. The fourth-order valence-corrected chi connectivity index (χ4v) is 3.38. The van der Waals surface area contributed by atoms with Crippen molar-refractivity contribution in [2.75, 3.05) is 0 Å². The highest BCUT2D eigenvalue weighted by Gasteiger charge is 2.51. The molecule has 2 saturated carbocycles. The zero-order valence-electron chi connectivity index (χ0n) is 12.0. The minimum absolute atomic E-state index is 0.142. The van der Waals surface area contributed by atoms with Gasteiger partial charge in [0.05, 0.1) is 5.41 Å². The second-order valence-corrected chi connectivity index (χ2v) is 6.43. The van der Waals surface area contributed by atoms with E-state index in [2.05, 4.69) is 12.2 Å². The second-order valence-electron chi connectivity index (χ2n) is 6.43. The maximum absolute atomic E-state index is 13.0. The first-order valence-corrected chi connectivity index (χ1v) is 7.69. The molecule has 1 aromatic carbocycles. The number of hydrogen-bond donors (Lipinski definition) is 1. The van der Waals surface area contributed by atoms with E-state index in [0.29, 0.717) is 12.0 Å². The summed E-state index contributed by atoms with van der Waals surface area (Å²) in [6, 6.07) is 6.73. The Balaban J connectivity index is 1.71. The van der Waals surface area contributed by atoms with Crippen molar-refractivity contribution < 1.29 is 9.18 Å². The molecule has 2 aliphatic carbocycles. The van der Waals surface area contributed by atoms with Crippen molar-refractivity contribution in [2.24, 2.45) is 5.92 Å². The molecule has 20 heavy (non-hydrogen) atoms. The van der Waals surface area contributed by atoms with Crippen molar-refractivity contribution in [3.63, 3.8) is 0 Å². The molecule has 0 aliphatic heterocycles. The van der Waals surface area contributed by atoms with Crippen LogP contribution in [0.15, 0.2) is 24.3 Å². The highest BCUT2D eigenvalue weighted by molar-refractivity contribution is 5.91. The zero-order valence-corrected chi connectivity index (χ0v) is 12.0. The lowest BCUT2D eigenvalue weighted by Gasteiger charge is -2.31. The molecule has 0 aromatic heterocycles. The zero-order chi connectivity index (χ0) is 14.2. The summed E-state index contributed by atoms with van der Waals surface area (Å²) < 4.78 is 13.0. The Labute approximate surface area is 119 Å². The van der Waals surface area contributed by atoms with Crippen LogP contribution in [0.4, 0.5) is 4.39 Å².